The molecular weight excluding hydrogens is 260 g/mol. The largest absolute Gasteiger partial charge is 0.469 e. The van der Waals surface area contributed by atoms with Gasteiger partial charge in [0.25, 0.3) is 0 Å². The van der Waals surface area contributed by atoms with Crippen molar-refractivity contribution >= 4 is 21.9 Å². The highest BCUT2D eigenvalue weighted by atomic mass is 79.9. The molecule has 0 radical (unpaired) electrons. The van der Waals surface area contributed by atoms with Crippen molar-refractivity contribution in [1.82, 2.24) is 0 Å². The maximum atomic E-state index is 11.2. The molecule has 0 amide bonds. The second kappa shape index (κ2) is 5.28. The molecule has 2 atom stereocenters. The van der Waals surface area contributed by atoms with Crippen molar-refractivity contribution in [1.29, 1.82) is 0 Å². The van der Waals surface area contributed by atoms with E-state index in [2.05, 4.69) is 20.7 Å². The third-order valence-electron chi connectivity index (χ3n) is 2.26. The minimum absolute atomic E-state index is 0.412. The van der Waals surface area contributed by atoms with Gasteiger partial charge in [0.1, 0.15) is 0 Å². The number of ether oxygens (including phenoxy) is 1. The first-order valence-electron chi connectivity index (χ1n) is 4.57. The van der Waals surface area contributed by atoms with Gasteiger partial charge in [-0.3, -0.25) is 4.79 Å². The first-order chi connectivity index (χ1) is 7.06. The molecule has 2 unspecified atom stereocenters. The number of carbonyl (C=O) groups is 1. The van der Waals surface area contributed by atoms with Crippen molar-refractivity contribution < 1.29 is 14.6 Å². The van der Waals surface area contributed by atoms with Gasteiger partial charge in [-0.25, -0.2) is 0 Å². The van der Waals surface area contributed by atoms with Crippen LogP contribution >= 0.6 is 15.9 Å². The Morgan fingerprint density at radius 3 is 2.40 bits per heavy atom. The summed E-state index contributed by atoms with van der Waals surface area (Å²) in [6.45, 7) is 1.64. The fraction of sp³-hybridized carbons (Fsp3) is 0.364. The lowest BCUT2D eigenvalue weighted by Gasteiger charge is -2.16. The lowest BCUT2D eigenvalue weighted by molar-refractivity contribution is -0.148. The van der Waals surface area contributed by atoms with Gasteiger partial charge in [0.05, 0.1) is 19.1 Å². The molecule has 0 fully saturated rings. The summed E-state index contributed by atoms with van der Waals surface area (Å²) >= 11 is 3.30. The molecule has 0 aliphatic carbocycles. The molecule has 3 nitrogen and oxygen atoms in total. The van der Waals surface area contributed by atoms with Gasteiger partial charge in [0, 0.05) is 4.47 Å². The summed E-state index contributed by atoms with van der Waals surface area (Å²) in [7, 11) is 1.31. The molecule has 4 heteroatoms. The van der Waals surface area contributed by atoms with Crippen molar-refractivity contribution in [3.8, 4) is 0 Å². The first-order valence-corrected chi connectivity index (χ1v) is 5.37. The molecule has 1 aromatic carbocycles. The second-order valence-electron chi connectivity index (χ2n) is 3.31. The number of methoxy groups -OCH3 is 1. The monoisotopic (exact) mass is 272 g/mol. The van der Waals surface area contributed by atoms with E-state index in [4.69, 9.17) is 0 Å². The van der Waals surface area contributed by atoms with E-state index in [0.717, 1.165) is 4.47 Å². The highest BCUT2D eigenvalue weighted by Crippen LogP contribution is 2.24. The number of rotatable bonds is 3. The van der Waals surface area contributed by atoms with Crippen LogP contribution < -0.4 is 0 Å². The predicted octanol–water partition coefficient (Wildman–Crippen LogP) is 2.29. The Kier molecular flexibility index (Phi) is 4.29. The minimum atomic E-state index is -0.828. The summed E-state index contributed by atoms with van der Waals surface area (Å²) in [6.07, 6.45) is -0.828. The number of hydrogen-bond acceptors (Lipinski definition) is 3. The van der Waals surface area contributed by atoms with Gasteiger partial charge in [0.15, 0.2) is 0 Å². The van der Waals surface area contributed by atoms with Crippen molar-refractivity contribution in [3.05, 3.63) is 34.3 Å². The van der Waals surface area contributed by atoms with Crippen LogP contribution in [0.25, 0.3) is 0 Å². The van der Waals surface area contributed by atoms with E-state index in [9.17, 15) is 9.90 Å². The quantitative estimate of drug-likeness (QED) is 0.859. The Bertz CT molecular complexity index is 334. The molecular formula is C11H13BrO3. The number of aliphatic hydroxyl groups excluding tert-OH is 1. The Morgan fingerprint density at radius 1 is 1.40 bits per heavy atom. The van der Waals surface area contributed by atoms with Gasteiger partial charge in [-0.05, 0) is 24.6 Å². The summed E-state index contributed by atoms with van der Waals surface area (Å²) in [6, 6.07) is 7.19. The SMILES string of the molecule is COC(=O)C(C)C(O)c1ccc(Br)cc1. The molecule has 1 aromatic rings. The number of halogens is 1. The topological polar surface area (TPSA) is 46.5 Å². The van der Waals surface area contributed by atoms with Crippen LogP contribution in [0.15, 0.2) is 28.7 Å². The number of hydrogen-bond donors (Lipinski definition) is 1. The van der Waals surface area contributed by atoms with E-state index in [0.29, 0.717) is 5.56 Å². The molecule has 15 heavy (non-hydrogen) atoms. The molecule has 0 bridgehead atoms. The highest BCUT2D eigenvalue weighted by molar-refractivity contribution is 9.10. The van der Waals surface area contributed by atoms with Crippen LogP contribution in [-0.4, -0.2) is 18.2 Å². The van der Waals surface area contributed by atoms with E-state index in [-0.39, 0.29) is 0 Å². The highest BCUT2D eigenvalue weighted by Gasteiger charge is 2.23. The average molecular weight is 273 g/mol. The Morgan fingerprint density at radius 2 is 1.93 bits per heavy atom. The zero-order chi connectivity index (χ0) is 11.4. The fourth-order valence-electron chi connectivity index (χ4n) is 1.26. The van der Waals surface area contributed by atoms with E-state index in [1.807, 2.05) is 12.1 Å². The maximum Gasteiger partial charge on any atom is 0.311 e. The molecule has 0 saturated carbocycles. The van der Waals surface area contributed by atoms with E-state index in [1.54, 1.807) is 19.1 Å². The molecule has 1 N–H and O–H groups in total. The van der Waals surface area contributed by atoms with Crippen LogP contribution in [-0.2, 0) is 9.53 Å². The van der Waals surface area contributed by atoms with Crippen LogP contribution in [0.1, 0.15) is 18.6 Å². The standard InChI is InChI=1S/C11H13BrO3/c1-7(11(14)15-2)10(13)8-3-5-9(12)6-4-8/h3-7,10,13H,1-2H3. The van der Waals surface area contributed by atoms with Gasteiger partial charge in [-0.1, -0.05) is 28.1 Å². The lowest BCUT2D eigenvalue weighted by atomic mass is 9.98. The molecule has 82 valence electrons. The van der Waals surface area contributed by atoms with Gasteiger partial charge in [-0.15, -0.1) is 0 Å². The number of carbonyl (C=O) groups excluding carboxylic acids is 1. The number of aliphatic hydroxyl groups is 1. The third-order valence-corrected chi connectivity index (χ3v) is 2.79. The van der Waals surface area contributed by atoms with Crippen LogP contribution in [0, 0.1) is 5.92 Å². The smallest absolute Gasteiger partial charge is 0.311 e. The van der Waals surface area contributed by atoms with Crippen molar-refractivity contribution in [2.45, 2.75) is 13.0 Å². The zero-order valence-electron chi connectivity index (χ0n) is 8.61. The maximum absolute atomic E-state index is 11.2. The Labute approximate surface area is 97.2 Å². The van der Waals surface area contributed by atoms with Crippen molar-refractivity contribution in [2.75, 3.05) is 7.11 Å². The minimum Gasteiger partial charge on any atom is -0.469 e. The summed E-state index contributed by atoms with van der Waals surface area (Å²) < 4.78 is 5.50. The average Bonchev–Trinajstić information content (AvgIpc) is 2.27. The summed E-state index contributed by atoms with van der Waals surface area (Å²) in [5, 5.41) is 9.87. The van der Waals surface area contributed by atoms with Crippen molar-refractivity contribution in [3.63, 3.8) is 0 Å². The van der Waals surface area contributed by atoms with Crippen molar-refractivity contribution in [2.24, 2.45) is 5.92 Å². The molecule has 1 rings (SSSR count). The zero-order valence-corrected chi connectivity index (χ0v) is 10.2. The third kappa shape index (κ3) is 3.04. The van der Waals surface area contributed by atoms with Crippen LogP contribution in [0.5, 0.6) is 0 Å². The normalized spacial score (nSPS) is 14.4. The fourth-order valence-corrected chi connectivity index (χ4v) is 1.53. The van der Waals surface area contributed by atoms with Gasteiger partial charge in [0.2, 0.25) is 0 Å². The van der Waals surface area contributed by atoms with E-state index < -0.39 is 18.0 Å². The van der Waals surface area contributed by atoms with Gasteiger partial charge >= 0.3 is 5.97 Å². The Hall–Kier alpha value is -0.870. The summed E-state index contributed by atoms with van der Waals surface area (Å²) in [5.74, 6) is -0.971. The van der Waals surface area contributed by atoms with Gasteiger partial charge < -0.3 is 9.84 Å². The molecule has 0 aliphatic heterocycles. The van der Waals surface area contributed by atoms with Crippen LogP contribution in [0.4, 0.5) is 0 Å². The molecule has 0 aliphatic rings. The Balaban J connectivity index is 2.80. The predicted molar refractivity (Wildman–Crippen MR) is 60.3 cm³/mol. The summed E-state index contributed by atoms with van der Waals surface area (Å²) in [5.41, 5.74) is 0.705. The van der Waals surface area contributed by atoms with Gasteiger partial charge in [-0.2, -0.15) is 0 Å². The van der Waals surface area contributed by atoms with Crippen LogP contribution in [0.3, 0.4) is 0 Å². The first kappa shape index (κ1) is 12.2. The number of benzene rings is 1. The van der Waals surface area contributed by atoms with E-state index in [1.165, 1.54) is 7.11 Å². The van der Waals surface area contributed by atoms with Crippen LogP contribution in [0.2, 0.25) is 0 Å². The second-order valence-corrected chi connectivity index (χ2v) is 4.22. The molecule has 0 spiro atoms. The molecule has 0 saturated heterocycles. The number of esters is 1. The molecule has 0 aromatic heterocycles. The van der Waals surface area contributed by atoms with E-state index >= 15 is 0 Å². The molecule has 0 heterocycles. The lowest BCUT2D eigenvalue weighted by Crippen LogP contribution is -2.20. The summed E-state index contributed by atoms with van der Waals surface area (Å²) in [4.78, 5) is 11.2.